The van der Waals surface area contributed by atoms with Crippen LogP contribution in [-0.4, -0.2) is 34.4 Å². The molecule has 0 amide bonds. The van der Waals surface area contributed by atoms with Crippen LogP contribution in [0.2, 0.25) is 0 Å². The topological polar surface area (TPSA) is 67.1 Å². The first-order chi connectivity index (χ1) is 9.15. The zero-order chi connectivity index (χ0) is 14.0. The lowest BCUT2D eigenvalue weighted by molar-refractivity contribution is 0.0567. The summed E-state index contributed by atoms with van der Waals surface area (Å²) in [6.45, 7) is 0. The van der Waals surface area contributed by atoms with Crippen molar-refractivity contribution in [3.63, 3.8) is 0 Å². The number of esters is 1. The molecular weight excluding hydrogens is 252 g/mol. The lowest BCUT2D eigenvalue weighted by atomic mass is 10.2. The minimum absolute atomic E-state index is 0.0890. The average Bonchev–Trinajstić information content (AvgIpc) is 2.87. The molecule has 2 rings (SSSR count). The fraction of sp³-hybridized carbons (Fsp3) is 0.308. The molecule has 0 atom stereocenters. The van der Waals surface area contributed by atoms with Crippen LogP contribution in [0.3, 0.4) is 0 Å². The van der Waals surface area contributed by atoms with E-state index < -0.39 is 5.97 Å². The Labute approximate surface area is 109 Å². The number of rotatable bonds is 4. The van der Waals surface area contributed by atoms with Crippen LogP contribution in [0, 0.1) is 0 Å². The molecule has 19 heavy (non-hydrogen) atoms. The fourth-order valence-corrected chi connectivity index (χ4v) is 1.84. The molecule has 6 heteroatoms. The van der Waals surface area contributed by atoms with Gasteiger partial charge in [0.1, 0.15) is 0 Å². The molecule has 0 N–H and O–H groups in total. The zero-order valence-corrected chi connectivity index (χ0v) is 11.1. The fourth-order valence-electron chi connectivity index (χ4n) is 1.84. The Kier molecular flexibility index (Phi) is 3.50. The maximum absolute atomic E-state index is 11.5. The molecule has 1 heterocycles. The van der Waals surface area contributed by atoms with Crippen molar-refractivity contribution >= 4 is 16.9 Å². The van der Waals surface area contributed by atoms with Crippen LogP contribution in [0.25, 0.3) is 11.0 Å². The van der Waals surface area contributed by atoms with Gasteiger partial charge in [0.25, 0.3) is 0 Å². The van der Waals surface area contributed by atoms with Gasteiger partial charge in [-0.2, -0.15) is 0 Å². The number of methoxy groups -OCH3 is 4. The van der Waals surface area contributed by atoms with E-state index in [2.05, 4.69) is 4.74 Å². The summed E-state index contributed by atoms with van der Waals surface area (Å²) in [5.41, 5.74) is 0.403. The second-order valence-corrected chi connectivity index (χ2v) is 3.67. The standard InChI is InChI=1S/C13H14O6/c1-15-8-5-7-6-9(13(14)18-4)19-10(7)12(17-3)11(8)16-2/h5-6H,1-4H3. The van der Waals surface area contributed by atoms with Crippen LogP contribution in [0.5, 0.6) is 17.2 Å². The van der Waals surface area contributed by atoms with E-state index in [1.165, 1.54) is 28.4 Å². The number of carbonyl (C=O) groups is 1. The minimum Gasteiger partial charge on any atom is -0.493 e. The number of benzene rings is 1. The highest BCUT2D eigenvalue weighted by atomic mass is 16.5. The molecule has 0 fully saturated rings. The van der Waals surface area contributed by atoms with Crippen LogP contribution < -0.4 is 14.2 Å². The average molecular weight is 266 g/mol. The van der Waals surface area contributed by atoms with Crippen molar-refractivity contribution < 1.29 is 28.2 Å². The molecule has 0 aliphatic heterocycles. The van der Waals surface area contributed by atoms with Gasteiger partial charge in [0.2, 0.25) is 17.3 Å². The van der Waals surface area contributed by atoms with E-state index in [-0.39, 0.29) is 5.76 Å². The number of hydrogen-bond acceptors (Lipinski definition) is 6. The van der Waals surface area contributed by atoms with Gasteiger partial charge >= 0.3 is 5.97 Å². The Morgan fingerprint density at radius 1 is 1.00 bits per heavy atom. The molecule has 0 saturated heterocycles. The van der Waals surface area contributed by atoms with Crippen molar-refractivity contribution in [3.8, 4) is 17.2 Å². The molecule has 0 unspecified atom stereocenters. The Bertz CT molecular complexity index is 613. The number of hydrogen-bond donors (Lipinski definition) is 0. The van der Waals surface area contributed by atoms with E-state index in [0.717, 1.165) is 0 Å². The molecule has 2 aromatic rings. The van der Waals surface area contributed by atoms with E-state index in [1.807, 2.05) is 0 Å². The van der Waals surface area contributed by atoms with Crippen molar-refractivity contribution in [1.82, 2.24) is 0 Å². The van der Waals surface area contributed by atoms with Gasteiger partial charge in [-0.05, 0) is 12.1 Å². The van der Waals surface area contributed by atoms with E-state index in [4.69, 9.17) is 18.6 Å². The highest BCUT2D eigenvalue weighted by Crippen LogP contribution is 2.44. The molecule has 0 spiro atoms. The summed E-state index contributed by atoms with van der Waals surface area (Å²) < 4.78 is 25.8. The van der Waals surface area contributed by atoms with E-state index in [0.29, 0.717) is 28.2 Å². The summed E-state index contributed by atoms with van der Waals surface area (Å²) in [5, 5.41) is 0.662. The van der Waals surface area contributed by atoms with Gasteiger partial charge in [-0.25, -0.2) is 4.79 Å². The van der Waals surface area contributed by atoms with Crippen LogP contribution in [0.4, 0.5) is 0 Å². The second kappa shape index (κ2) is 5.09. The summed E-state index contributed by atoms with van der Waals surface area (Å²) in [4.78, 5) is 11.5. The van der Waals surface area contributed by atoms with Crippen molar-refractivity contribution in [3.05, 3.63) is 17.9 Å². The first-order valence-corrected chi connectivity index (χ1v) is 5.47. The predicted molar refractivity (Wildman–Crippen MR) is 67.2 cm³/mol. The zero-order valence-electron chi connectivity index (χ0n) is 11.1. The predicted octanol–water partition coefficient (Wildman–Crippen LogP) is 2.25. The lowest BCUT2D eigenvalue weighted by Gasteiger charge is -2.11. The summed E-state index contributed by atoms with van der Waals surface area (Å²) in [6.07, 6.45) is 0. The third kappa shape index (κ3) is 2.05. The van der Waals surface area contributed by atoms with Gasteiger partial charge < -0.3 is 23.4 Å². The van der Waals surface area contributed by atoms with Crippen LogP contribution >= 0.6 is 0 Å². The monoisotopic (exact) mass is 266 g/mol. The number of furan rings is 1. The summed E-state index contributed by atoms with van der Waals surface area (Å²) in [5.74, 6) is 0.793. The van der Waals surface area contributed by atoms with Crippen LogP contribution in [-0.2, 0) is 4.74 Å². The van der Waals surface area contributed by atoms with Crippen molar-refractivity contribution in [2.75, 3.05) is 28.4 Å². The maximum atomic E-state index is 11.5. The van der Waals surface area contributed by atoms with E-state index in [9.17, 15) is 4.79 Å². The quantitative estimate of drug-likeness (QED) is 0.791. The number of fused-ring (bicyclic) bond motifs is 1. The Hall–Kier alpha value is -2.37. The normalized spacial score (nSPS) is 10.3. The Morgan fingerprint density at radius 3 is 2.21 bits per heavy atom. The van der Waals surface area contributed by atoms with E-state index >= 15 is 0 Å². The van der Waals surface area contributed by atoms with Crippen molar-refractivity contribution in [2.45, 2.75) is 0 Å². The van der Waals surface area contributed by atoms with Gasteiger partial charge in [-0.3, -0.25) is 0 Å². The molecule has 0 radical (unpaired) electrons. The Balaban J connectivity index is 2.73. The molecule has 0 bridgehead atoms. The molecule has 6 nitrogen and oxygen atoms in total. The molecular formula is C13H14O6. The first kappa shape index (κ1) is 13.1. The van der Waals surface area contributed by atoms with Crippen molar-refractivity contribution in [1.29, 1.82) is 0 Å². The summed E-state index contributed by atoms with van der Waals surface area (Å²) >= 11 is 0. The van der Waals surface area contributed by atoms with Crippen LogP contribution in [0.1, 0.15) is 10.6 Å². The molecule has 0 aliphatic carbocycles. The lowest BCUT2D eigenvalue weighted by Crippen LogP contribution is -1.98. The maximum Gasteiger partial charge on any atom is 0.373 e. The Morgan fingerprint density at radius 2 is 1.68 bits per heavy atom. The molecule has 0 aliphatic rings. The van der Waals surface area contributed by atoms with Gasteiger partial charge in [0, 0.05) is 5.39 Å². The number of carbonyl (C=O) groups excluding carboxylic acids is 1. The third-order valence-electron chi connectivity index (χ3n) is 2.70. The third-order valence-corrected chi connectivity index (χ3v) is 2.70. The smallest absolute Gasteiger partial charge is 0.373 e. The molecule has 102 valence electrons. The summed E-state index contributed by atoms with van der Waals surface area (Å²) in [6, 6.07) is 3.26. The molecule has 1 aromatic heterocycles. The van der Waals surface area contributed by atoms with Gasteiger partial charge in [0.05, 0.1) is 28.4 Å². The molecule has 1 aromatic carbocycles. The first-order valence-electron chi connectivity index (χ1n) is 5.47. The van der Waals surface area contributed by atoms with E-state index in [1.54, 1.807) is 12.1 Å². The van der Waals surface area contributed by atoms with Gasteiger partial charge in [-0.1, -0.05) is 0 Å². The highest BCUT2D eigenvalue weighted by molar-refractivity contribution is 5.96. The summed E-state index contributed by atoms with van der Waals surface area (Å²) in [7, 11) is 5.78. The van der Waals surface area contributed by atoms with Gasteiger partial charge in [-0.15, -0.1) is 0 Å². The highest BCUT2D eigenvalue weighted by Gasteiger charge is 2.22. The van der Waals surface area contributed by atoms with Crippen molar-refractivity contribution in [2.24, 2.45) is 0 Å². The van der Waals surface area contributed by atoms with Gasteiger partial charge in [0.15, 0.2) is 11.3 Å². The molecule has 0 saturated carbocycles. The minimum atomic E-state index is -0.559. The second-order valence-electron chi connectivity index (χ2n) is 3.67. The largest absolute Gasteiger partial charge is 0.493 e. The SMILES string of the molecule is COC(=O)c1cc2cc(OC)c(OC)c(OC)c2o1. The van der Waals surface area contributed by atoms with Crippen LogP contribution in [0.15, 0.2) is 16.5 Å². The number of ether oxygens (including phenoxy) is 4.